The van der Waals surface area contributed by atoms with Crippen molar-refractivity contribution in [3.63, 3.8) is 0 Å². The third kappa shape index (κ3) is 5.24. The summed E-state index contributed by atoms with van der Waals surface area (Å²) in [6, 6.07) is -1.83. The van der Waals surface area contributed by atoms with Gasteiger partial charge in [-0.15, -0.1) is 0 Å². The number of esters is 1. The van der Waals surface area contributed by atoms with Crippen LogP contribution in [0.1, 0.15) is 20.8 Å². The molecule has 1 amide bonds. The molecule has 0 saturated carbocycles. The van der Waals surface area contributed by atoms with Crippen molar-refractivity contribution in [1.82, 2.24) is 5.32 Å². The van der Waals surface area contributed by atoms with Crippen LogP contribution in [0.5, 0.6) is 0 Å². The van der Waals surface area contributed by atoms with Crippen molar-refractivity contribution in [3.8, 4) is 0 Å². The van der Waals surface area contributed by atoms with Gasteiger partial charge in [0.1, 0.15) is 6.04 Å². The van der Waals surface area contributed by atoms with Crippen LogP contribution < -0.4 is 5.32 Å². The Labute approximate surface area is 103 Å². The van der Waals surface area contributed by atoms with Gasteiger partial charge >= 0.3 is 18.2 Å². The predicted octanol–water partition coefficient (Wildman–Crippen LogP) is 1.86. The molecule has 2 atom stereocenters. The molecule has 0 heterocycles. The molecule has 106 valence electrons. The van der Waals surface area contributed by atoms with Crippen LogP contribution in [-0.4, -0.2) is 37.5 Å². The van der Waals surface area contributed by atoms with E-state index in [0.717, 1.165) is 14.0 Å². The lowest BCUT2D eigenvalue weighted by molar-refractivity contribution is -0.188. The average Bonchev–Trinajstić information content (AvgIpc) is 2.22. The lowest BCUT2D eigenvalue weighted by atomic mass is 10.0. The van der Waals surface area contributed by atoms with E-state index in [9.17, 15) is 22.8 Å². The molecule has 0 fully saturated rings. The maximum absolute atomic E-state index is 12.6. The van der Waals surface area contributed by atoms with Crippen molar-refractivity contribution < 1.29 is 32.2 Å². The number of amides is 1. The standard InChI is InChI=1S/C10H16F3NO4/c1-5(2)18-8(15)7(14-9(16)17-4)6(3)10(11,12)13/h5-7H,1-4H3,(H,14,16). The zero-order valence-corrected chi connectivity index (χ0v) is 10.5. The number of nitrogens with one attached hydrogen (secondary N) is 1. The Bertz CT molecular complexity index is 304. The Hall–Kier alpha value is -1.47. The summed E-state index contributed by atoms with van der Waals surface area (Å²) >= 11 is 0. The second kappa shape index (κ2) is 6.46. The summed E-state index contributed by atoms with van der Waals surface area (Å²) in [7, 11) is 0.985. The maximum Gasteiger partial charge on any atom is 0.407 e. The Morgan fingerprint density at radius 2 is 1.67 bits per heavy atom. The van der Waals surface area contributed by atoms with Gasteiger partial charge in [-0.05, 0) is 13.8 Å². The molecule has 0 rings (SSSR count). The zero-order valence-electron chi connectivity index (χ0n) is 10.5. The zero-order chi connectivity index (χ0) is 14.5. The van der Waals surface area contributed by atoms with Crippen LogP contribution in [0.4, 0.5) is 18.0 Å². The second-order valence-corrected chi connectivity index (χ2v) is 3.93. The normalized spacial score (nSPS) is 14.9. The molecule has 0 bridgehead atoms. The highest BCUT2D eigenvalue weighted by Gasteiger charge is 2.46. The van der Waals surface area contributed by atoms with Crippen LogP contribution >= 0.6 is 0 Å². The first-order valence-corrected chi connectivity index (χ1v) is 5.21. The summed E-state index contributed by atoms with van der Waals surface area (Å²) in [6.45, 7) is 3.76. The third-order valence-electron chi connectivity index (χ3n) is 2.08. The molecule has 2 unspecified atom stereocenters. The van der Waals surface area contributed by atoms with Crippen molar-refractivity contribution in [2.75, 3.05) is 7.11 Å². The van der Waals surface area contributed by atoms with Gasteiger partial charge in [0, 0.05) is 0 Å². The van der Waals surface area contributed by atoms with E-state index in [4.69, 9.17) is 0 Å². The second-order valence-electron chi connectivity index (χ2n) is 3.93. The van der Waals surface area contributed by atoms with Gasteiger partial charge < -0.3 is 14.8 Å². The number of methoxy groups -OCH3 is 1. The molecule has 0 aromatic rings. The maximum atomic E-state index is 12.6. The van der Waals surface area contributed by atoms with E-state index in [1.165, 1.54) is 13.8 Å². The van der Waals surface area contributed by atoms with Gasteiger partial charge in [-0.25, -0.2) is 9.59 Å². The molecule has 18 heavy (non-hydrogen) atoms. The lowest BCUT2D eigenvalue weighted by Crippen LogP contribution is -2.50. The Kier molecular flexibility index (Phi) is 5.93. The summed E-state index contributed by atoms with van der Waals surface area (Å²) in [5, 5.41) is 1.82. The van der Waals surface area contributed by atoms with E-state index in [2.05, 4.69) is 9.47 Å². The third-order valence-corrected chi connectivity index (χ3v) is 2.08. The minimum absolute atomic E-state index is 0.583. The Balaban J connectivity index is 4.93. The largest absolute Gasteiger partial charge is 0.461 e. The molecule has 0 aliphatic carbocycles. The van der Waals surface area contributed by atoms with Crippen molar-refractivity contribution in [3.05, 3.63) is 0 Å². The van der Waals surface area contributed by atoms with Crippen LogP contribution in [0.3, 0.4) is 0 Å². The molecule has 0 aromatic carbocycles. The van der Waals surface area contributed by atoms with Gasteiger partial charge in [-0.3, -0.25) is 0 Å². The van der Waals surface area contributed by atoms with E-state index in [0.29, 0.717) is 0 Å². The molecule has 0 saturated heterocycles. The lowest BCUT2D eigenvalue weighted by Gasteiger charge is -2.25. The first-order chi connectivity index (χ1) is 8.09. The number of ether oxygens (including phenoxy) is 2. The number of halogens is 3. The van der Waals surface area contributed by atoms with Crippen LogP contribution in [-0.2, 0) is 14.3 Å². The SMILES string of the molecule is COC(=O)NC(C(=O)OC(C)C)C(C)C(F)(F)F. The molecule has 0 aliphatic heterocycles. The Morgan fingerprint density at radius 1 is 1.17 bits per heavy atom. The Morgan fingerprint density at radius 3 is 2.00 bits per heavy atom. The van der Waals surface area contributed by atoms with Crippen LogP contribution in [0, 0.1) is 5.92 Å². The predicted molar refractivity (Wildman–Crippen MR) is 55.8 cm³/mol. The van der Waals surface area contributed by atoms with Gasteiger partial charge in [0.05, 0.1) is 19.1 Å². The van der Waals surface area contributed by atoms with Crippen LogP contribution in [0.25, 0.3) is 0 Å². The molecule has 0 aromatic heterocycles. The monoisotopic (exact) mass is 271 g/mol. The van der Waals surface area contributed by atoms with Crippen LogP contribution in [0.2, 0.25) is 0 Å². The highest BCUT2D eigenvalue weighted by atomic mass is 19.4. The fraction of sp³-hybridized carbons (Fsp3) is 0.800. The van der Waals surface area contributed by atoms with Gasteiger partial charge in [0.25, 0.3) is 0 Å². The average molecular weight is 271 g/mol. The topological polar surface area (TPSA) is 64.6 Å². The molecular formula is C10H16F3NO4. The number of hydrogen-bond acceptors (Lipinski definition) is 4. The van der Waals surface area contributed by atoms with Crippen molar-refractivity contribution in [2.45, 2.75) is 39.1 Å². The number of carbonyl (C=O) groups is 2. The van der Waals surface area contributed by atoms with Gasteiger partial charge in [-0.1, -0.05) is 6.92 Å². The molecule has 8 heteroatoms. The van der Waals surface area contributed by atoms with E-state index < -0.39 is 36.3 Å². The minimum atomic E-state index is -4.64. The summed E-state index contributed by atoms with van der Waals surface area (Å²) in [5.41, 5.74) is 0. The van der Waals surface area contributed by atoms with E-state index in [-0.39, 0.29) is 0 Å². The molecular weight excluding hydrogens is 255 g/mol. The first kappa shape index (κ1) is 16.5. The van der Waals surface area contributed by atoms with Crippen LogP contribution in [0.15, 0.2) is 0 Å². The highest BCUT2D eigenvalue weighted by Crippen LogP contribution is 2.29. The molecule has 0 spiro atoms. The highest BCUT2D eigenvalue weighted by molar-refractivity contribution is 5.81. The van der Waals surface area contributed by atoms with Crippen molar-refractivity contribution in [2.24, 2.45) is 5.92 Å². The number of alkyl halides is 3. The fourth-order valence-corrected chi connectivity index (χ4v) is 1.07. The van der Waals surface area contributed by atoms with Crippen molar-refractivity contribution in [1.29, 1.82) is 0 Å². The van der Waals surface area contributed by atoms with E-state index in [1.807, 2.05) is 5.32 Å². The number of hydrogen-bond donors (Lipinski definition) is 1. The molecule has 1 N–H and O–H groups in total. The van der Waals surface area contributed by atoms with E-state index in [1.54, 1.807) is 0 Å². The summed E-state index contributed by atoms with van der Waals surface area (Å²) in [4.78, 5) is 22.4. The number of carbonyl (C=O) groups excluding carboxylic acids is 2. The summed E-state index contributed by atoms with van der Waals surface area (Å²) in [5.74, 6) is -3.23. The molecule has 5 nitrogen and oxygen atoms in total. The molecule has 0 aliphatic rings. The van der Waals surface area contributed by atoms with Gasteiger partial charge in [0.2, 0.25) is 0 Å². The first-order valence-electron chi connectivity index (χ1n) is 5.21. The minimum Gasteiger partial charge on any atom is -0.461 e. The van der Waals surface area contributed by atoms with Gasteiger partial charge in [0.15, 0.2) is 0 Å². The molecule has 0 radical (unpaired) electrons. The smallest absolute Gasteiger partial charge is 0.407 e. The summed E-state index contributed by atoms with van der Waals surface area (Å²) < 4.78 is 46.5. The number of rotatable bonds is 4. The fourth-order valence-electron chi connectivity index (χ4n) is 1.07. The quantitative estimate of drug-likeness (QED) is 0.793. The van der Waals surface area contributed by atoms with E-state index >= 15 is 0 Å². The number of alkyl carbamates (subject to hydrolysis) is 1. The van der Waals surface area contributed by atoms with Crippen molar-refractivity contribution >= 4 is 12.1 Å². The van der Waals surface area contributed by atoms with Gasteiger partial charge in [-0.2, -0.15) is 13.2 Å². The summed E-state index contributed by atoms with van der Waals surface area (Å²) in [6.07, 6.45) is -6.35.